The van der Waals surface area contributed by atoms with Crippen LogP contribution in [0.1, 0.15) is 26.3 Å². The van der Waals surface area contributed by atoms with Gasteiger partial charge in [0, 0.05) is 15.6 Å². The van der Waals surface area contributed by atoms with E-state index >= 15 is 0 Å². The highest BCUT2D eigenvalue weighted by molar-refractivity contribution is 9.10. The average Bonchev–Trinajstić information content (AvgIpc) is 2.78. The van der Waals surface area contributed by atoms with Gasteiger partial charge in [0.15, 0.2) is 5.78 Å². The summed E-state index contributed by atoms with van der Waals surface area (Å²) >= 11 is 3.33. The lowest BCUT2D eigenvalue weighted by molar-refractivity contribution is 0.0733. The summed E-state index contributed by atoms with van der Waals surface area (Å²) in [6.07, 6.45) is 3.13. The number of esters is 1. The largest absolute Gasteiger partial charge is 0.497 e. The number of rotatable bonds is 7. The Kier molecular flexibility index (Phi) is 7.03. The van der Waals surface area contributed by atoms with E-state index in [0.29, 0.717) is 32.8 Å². The van der Waals surface area contributed by atoms with Crippen molar-refractivity contribution in [2.24, 2.45) is 0 Å². The van der Waals surface area contributed by atoms with Crippen molar-refractivity contribution >= 4 is 33.8 Å². The number of ketones is 1. The fourth-order valence-electron chi connectivity index (χ4n) is 2.71. The molecule has 3 aromatic carbocycles. The number of benzene rings is 3. The number of halogens is 1. The Labute approximate surface area is 183 Å². The summed E-state index contributed by atoms with van der Waals surface area (Å²) in [5, 5.41) is 0. The van der Waals surface area contributed by atoms with Gasteiger partial charge in [-0.15, -0.1) is 0 Å². The third kappa shape index (κ3) is 5.15. The maximum Gasteiger partial charge on any atom is 0.344 e. The van der Waals surface area contributed by atoms with E-state index in [2.05, 4.69) is 15.9 Å². The molecule has 0 aromatic heterocycles. The van der Waals surface area contributed by atoms with Crippen LogP contribution in [0.2, 0.25) is 0 Å². The molecule has 0 heterocycles. The highest BCUT2D eigenvalue weighted by atomic mass is 79.9. The Morgan fingerprint density at radius 2 is 1.57 bits per heavy atom. The molecule has 6 heteroatoms. The highest BCUT2D eigenvalue weighted by Crippen LogP contribution is 2.25. The summed E-state index contributed by atoms with van der Waals surface area (Å²) in [5.41, 5.74) is 1.62. The number of ether oxygens (including phenoxy) is 3. The third-order valence-corrected chi connectivity index (χ3v) is 4.99. The Hall–Kier alpha value is -3.38. The zero-order valence-electron chi connectivity index (χ0n) is 16.4. The second-order valence-corrected chi connectivity index (χ2v) is 7.05. The van der Waals surface area contributed by atoms with E-state index in [0.717, 1.165) is 5.56 Å². The molecule has 0 radical (unpaired) electrons. The van der Waals surface area contributed by atoms with Crippen LogP contribution < -0.4 is 14.2 Å². The van der Waals surface area contributed by atoms with Crippen molar-refractivity contribution in [3.8, 4) is 17.2 Å². The topological polar surface area (TPSA) is 61.8 Å². The smallest absolute Gasteiger partial charge is 0.344 e. The minimum Gasteiger partial charge on any atom is -0.497 e. The first kappa shape index (κ1) is 21.3. The second-order valence-electron chi connectivity index (χ2n) is 6.20. The van der Waals surface area contributed by atoms with Crippen molar-refractivity contribution in [1.82, 2.24) is 0 Å². The maximum atomic E-state index is 12.5. The summed E-state index contributed by atoms with van der Waals surface area (Å²) in [5.74, 6) is 0.981. The predicted octanol–water partition coefficient (Wildman–Crippen LogP) is 5.58. The SMILES string of the molecule is COc1ccc(OC)c(/C=C/C(=O)c2ccc(OC(=O)c3ccccc3Br)cc2)c1. The van der Waals surface area contributed by atoms with Gasteiger partial charge in [-0.25, -0.2) is 4.79 Å². The Balaban J connectivity index is 1.70. The standard InChI is InChI=1S/C24H19BrO5/c1-28-19-12-14-23(29-2)17(15-19)9-13-22(26)16-7-10-18(11-8-16)30-24(27)20-5-3-4-6-21(20)25/h3-15H,1-2H3/b13-9+. The van der Waals surface area contributed by atoms with E-state index in [1.807, 2.05) is 6.07 Å². The van der Waals surface area contributed by atoms with Crippen LogP contribution in [0.3, 0.4) is 0 Å². The minimum atomic E-state index is -0.480. The summed E-state index contributed by atoms with van der Waals surface area (Å²) in [6.45, 7) is 0. The molecule has 0 unspecified atom stereocenters. The molecule has 0 N–H and O–H groups in total. The quantitative estimate of drug-likeness (QED) is 0.197. The van der Waals surface area contributed by atoms with Crippen LogP contribution in [0.25, 0.3) is 6.08 Å². The van der Waals surface area contributed by atoms with Gasteiger partial charge in [0.2, 0.25) is 0 Å². The van der Waals surface area contributed by atoms with Crippen molar-refractivity contribution < 1.29 is 23.8 Å². The fraction of sp³-hybridized carbons (Fsp3) is 0.0833. The van der Waals surface area contributed by atoms with Crippen LogP contribution in [-0.4, -0.2) is 26.0 Å². The van der Waals surface area contributed by atoms with Gasteiger partial charge in [0.25, 0.3) is 0 Å². The molecule has 3 aromatic rings. The van der Waals surface area contributed by atoms with Crippen LogP contribution in [-0.2, 0) is 0 Å². The number of hydrogen-bond donors (Lipinski definition) is 0. The molecule has 0 fully saturated rings. The molecule has 0 bridgehead atoms. The number of hydrogen-bond acceptors (Lipinski definition) is 5. The molecule has 152 valence electrons. The fourth-order valence-corrected chi connectivity index (χ4v) is 3.15. The summed E-state index contributed by atoms with van der Waals surface area (Å²) in [7, 11) is 3.14. The van der Waals surface area contributed by atoms with Crippen LogP contribution in [0, 0.1) is 0 Å². The summed E-state index contributed by atoms with van der Waals surface area (Å²) in [4.78, 5) is 24.8. The molecule has 0 saturated heterocycles. The summed E-state index contributed by atoms with van der Waals surface area (Å²) in [6, 6.07) is 18.7. The van der Waals surface area contributed by atoms with E-state index in [1.54, 1.807) is 81.0 Å². The van der Waals surface area contributed by atoms with Gasteiger partial charge in [-0.1, -0.05) is 12.1 Å². The molecule has 0 atom stereocenters. The van der Waals surface area contributed by atoms with E-state index < -0.39 is 5.97 Å². The van der Waals surface area contributed by atoms with Crippen molar-refractivity contribution in [3.05, 3.63) is 94.0 Å². The van der Waals surface area contributed by atoms with E-state index in [-0.39, 0.29) is 5.78 Å². The second kappa shape index (κ2) is 9.89. The van der Waals surface area contributed by atoms with E-state index in [1.165, 1.54) is 6.08 Å². The van der Waals surface area contributed by atoms with Gasteiger partial charge in [-0.3, -0.25) is 4.79 Å². The van der Waals surface area contributed by atoms with Crippen LogP contribution >= 0.6 is 15.9 Å². The minimum absolute atomic E-state index is 0.191. The first-order valence-corrected chi connectivity index (χ1v) is 9.82. The Morgan fingerprint density at radius 3 is 2.23 bits per heavy atom. The lowest BCUT2D eigenvalue weighted by Gasteiger charge is -2.07. The molecule has 0 amide bonds. The molecule has 0 aliphatic heterocycles. The number of carbonyl (C=O) groups is 2. The number of allylic oxidation sites excluding steroid dienone is 1. The molecule has 0 aliphatic rings. The monoisotopic (exact) mass is 466 g/mol. The van der Waals surface area contributed by atoms with Crippen molar-refractivity contribution in [2.75, 3.05) is 14.2 Å². The molecule has 0 aliphatic carbocycles. The van der Waals surface area contributed by atoms with Gasteiger partial charge in [-0.2, -0.15) is 0 Å². The van der Waals surface area contributed by atoms with Gasteiger partial charge in [0.1, 0.15) is 17.2 Å². The normalized spacial score (nSPS) is 10.6. The average molecular weight is 467 g/mol. The highest BCUT2D eigenvalue weighted by Gasteiger charge is 2.12. The van der Waals surface area contributed by atoms with Crippen molar-refractivity contribution in [2.45, 2.75) is 0 Å². The first-order chi connectivity index (χ1) is 14.5. The van der Waals surface area contributed by atoms with Gasteiger partial charge >= 0.3 is 5.97 Å². The molecule has 0 saturated carbocycles. The third-order valence-electron chi connectivity index (χ3n) is 4.29. The lowest BCUT2D eigenvalue weighted by Crippen LogP contribution is -2.09. The molecular formula is C24H19BrO5. The Bertz CT molecular complexity index is 1090. The summed E-state index contributed by atoms with van der Waals surface area (Å²) < 4.78 is 16.5. The van der Waals surface area contributed by atoms with Gasteiger partial charge < -0.3 is 14.2 Å². The predicted molar refractivity (Wildman–Crippen MR) is 118 cm³/mol. The van der Waals surface area contributed by atoms with Crippen LogP contribution in [0.15, 0.2) is 77.3 Å². The lowest BCUT2D eigenvalue weighted by atomic mass is 10.1. The molecule has 30 heavy (non-hydrogen) atoms. The van der Waals surface area contributed by atoms with Crippen LogP contribution in [0.4, 0.5) is 0 Å². The molecule has 3 rings (SSSR count). The molecule has 5 nitrogen and oxygen atoms in total. The van der Waals surface area contributed by atoms with Gasteiger partial charge in [0.05, 0.1) is 19.8 Å². The zero-order chi connectivity index (χ0) is 21.5. The number of methoxy groups -OCH3 is 2. The van der Waals surface area contributed by atoms with E-state index in [9.17, 15) is 9.59 Å². The number of carbonyl (C=O) groups excluding carboxylic acids is 2. The first-order valence-electron chi connectivity index (χ1n) is 9.03. The molecule has 0 spiro atoms. The van der Waals surface area contributed by atoms with Crippen molar-refractivity contribution in [3.63, 3.8) is 0 Å². The van der Waals surface area contributed by atoms with E-state index in [4.69, 9.17) is 14.2 Å². The molecular weight excluding hydrogens is 448 g/mol. The van der Waals surface area contributed by atoms with Crippen LogP contribution in [0.5, 0.6) is 17.2 Å². The van der Waals surface area contributed by atoms with Crippen molar-refractivity contribution in [1.29, 1.82) is 0 Å². The zero-order valence-corrected chi connectivity index (χ0v) is 18.0. The maximum absolute atomic E-state index is 12.5. The Morgan fingerprint density at radius 1 is 0.867 bits per heavy atom. The van der Waals surface area contributed by atoms with Gasteiger partial charge in [-0.05, 0) is 82.7 Å².